The van der Waals surface area contributed by atoms with Gasteiger partial charge in [-0.15, -0.1) is 0 Å². The Hall–Kier alpha value is -5.70. The van der Waals surface area contributed by atoms with Crippen molar-refractivity contribution in [3.63, 3.8) is 0 Å². The molecule has 0 amide bonds. The van der Waals surface area contributed by atoms with Crippen LogP contribution in [0.4, 0.5) is 0 Å². The van der Waals surface area contributed by atoms with Crippen molar-refractivity contribution >= 4 is 73.3 Å². The van der Waals surface area contributed by atoms with Crippen LogP contribution in [0.15, 0.2) is 154 Å². The van der Waals surface area contributed by atoms with E-state index in [0.29, 0.717) is 22.5 Å². The Labute approximate surface area is 259 Å². The number of phenolic OH excluding ortho intramolecular Hbond substituents is 1. The molecule has 0 fully saturated rings. The summed E-state index contributed by atoms with van der Waals surface area (Å²) in [4.78, 5) is 0. The number of hydrogen-bond acceptors (Lipinski definition) is 4. The molecule has 0 unspecified atom stereocenters. The van der Waals surface area contributed by atoms with E-state index in [0.717, 1.165) is 59.4 Å². The number of fused-ring (bicyclic) bond motifs is 9. The summed E-state index contributed by atoms with van der Waals surface area (Å²) in [6.45, 7) is 0. The number of hydrogen-bond donors (Lipinski definition) is 1. The summed E-state index contributed by atoms with van der Waals surface area (Å²) in [7, 11) is -1.96. The SMILES string of the molecule is Oc1ccc2ccccc2c1-c1c(Op2oc3ccc4ccccc4c3c3c(ccc4ccccc43)o2)ccc2ccccc12. The van der Waals surface area contributed by atoms with E-state index in [9.17, 15) is 5.11 Å². The molecule has 0 spiro atoms. The maximum atomic E-state index is 11.3. The van der Waals surface area contributed by atoms with Gasteiger partial charge < -0.3 is 18.0 Å². The first-order valence-corrected chi connectivity index (χ1v) is 15.9. The molecule has 0 radical (unpaired) electrons. The minimum Gasteiger partial charge on any atom is -0.507 e. The standard InChI is InChI=1S/C40H25O4P/c41-33-21-17-25-9-1-5-13-29(25)37(33)38-30-14-6-2-10-26(30)18-22-34(38)42-45-43-35-23-19-27-11-3-7-15-31(27)39(35)40-32-16-8-4-12-28(32)20-24-36(40)44-45/h1-24,41H. The number of phenols is 1. The molecule has 1 aromatic heterocycles. The van der Waals surface area contributed by atoms with Gasteiger partial charge in [0, 0.05) is 21.9 Å². The lowest BCUT2D eigenvalue weighted by Gasteiger charge is -2.16. The minimum atomic E-state index is -1.96. The average molecular weight is 601 g/mol. The van der Waals surface area contributed by atoms with Crippen molar-refractivity contribution in [3.8, 4) is 22.6 Å². The van der Waals surface area contributed by atoms with Gasteiger partial charge in [0.1, 0.15) is 22.7 Å². The molecule has 0 aliphatic rings. The molecule has 0 bridgehead atoms. The summed E-state index contributed by atoms with van der Waals surface area (Å²) in [6, 6.07) is 48.7. The van der Waals surface area contributed by atoms with Crippen molar-refractivity contribution in [2.45, 2.75) is 0 Å². The summed E-state index contributed by atoms with van der Waals surface area (Å²) in [6.07, 6.45) is 0. The molecule has 8 aromatic carbocycles. The largest absolute Gasteiger partial charge is 0.507 e. The van der Waals surface area contributed by atoms with Gasteiger partial charge in [-0.05, 0) is 67.4 Å². The van der Waals surface area contributed by atoms with Crippen LogP contribution in [0.1, 0.15) is 0 Å². The Kier molecular flexibility index (Phi) is 5.84. The normalized spacial score (nSPS) is 11.6. The lowest BCUT2D eigenvalue weighted by atomic mass is 9.92. The van der Waals surface area contributed by atoms with Crippen LogP contribution in [0.5, 0.6) is 11.5 Å². The molecule has 9 rings (SSSR count). The van der Waals surface area contributed by atoms with Crippen LogP contribution in [0.25, 0.3) is 76.2 Å². The number of benzene rings is 8. The van der Waals surface area contributed by atoms with Crippen molar-refractivity contribution in [3.05, 3.63) is 146 Å². The smallest absolute Gasteiger partial charge is 0.453 e. The second-order valence-electron chi connectivity index (χ2n) is 11.2. The Morgan fingerprint density at radius 2 is 0.844 bits per heavy atom. The Bertz CT molecular complexity index is 2560. The maximum absolute atomic E-state index is 11.3. The van der Waals surface area contributed by atoms with E-state index in [-0.39, 0.29) is 5.75 Å². The summed E-state index contributed by atoms with van der Waals surface area (Å²) < 4.78 is 20.1. The van der Waals surface area contributed by atoms with Crippen LogP contribution in [-0.4, -0.2) is 5.11 Å². The van der Waals surface area contributed by atoms with Gasteiger partial charge in [0.25, 0.3) is 0 Å². The van der Waals surface area contributed by atoms with Gasteiger partial charge >= 0.3 is 8.24 Å². The molecule has 9 aromatic rings. The summed E-state index contributed by atoms with van der Waals surface area (Å²) in [5.74, 6) is 0.747. The zero-order valence-corrected chi connectivity index (χ0v) is 24.9. The fourth-order valence-corrected chi connectivity index (χ4v) is 7.63. The maximum Gasteiger partial charge on any atom is 0.453 e. The molecular weight excluding hydrogens is 575 g/mol. The predicted octanol–water partition coefficient (Wildman–Crippen LogP) is 12.1. The molecule has 0 saturated heterocycles. The van der Waals surface area contributed by atoms with Gasteiger partial charge in [-0.3, -0.25) is 0 Å². The van der Waals surface area contributed by atoms with Crippen LogP contribution >= 0.6 is 8.24 Å². The van der Waals surface area contributed by atoms with Gasteiger partial charge in [-0.25, -0.2) is 0 Å². The van der Waals surface area contributed by atoms with E-state index in [2.05, 4.69) is 60.7 Å². The van der Waals surface area contributed by atoms with Crippen LogP contribution in [0.2, 0.25) is 0 Å². The molecule has 45 heavy (non-hydrogen) atoms. The first kappa shape index (κ1) is 25.8. The molecule has 0 aliphatic carbocycles. The van der Waals surface area contributed by atoms with E-state index >= 15 is 0 Å². The highest BCUT2D eigenvalue weighted by atomic mass is 31.1. The van der Waals surface area contributed by atoms with E-state index in [1.165, 1.54) is 0 Å². The van der Waals surface area contributed by atoms with Gasteiger partial charge in [0.2, 0.25) is 0 Å². The van der Waals surface area contributed by atoms with Crippen LogP contribution in [0, 0.1) is 0 Å². The lowest BCUT2D eigenvalue weighted by Crippen LogP contribution is -1.90. The average Bonchev–Trinajstić information content (AvgIpc) is 3.25. The van der Waals surface area contributed by atoms with E-state index < -0.39 is 8.24 Å². The van der Waals surface area contributed by atoms with Crippen LogP contribution < -0.4 is 4.52 Å². The highest BCUT2D eigenvalue weighted by Gasteiger charge is 2.20. The van der Waals surface area contributed by atoms with Gasteiger partial charge in [-0.1, -0.05) is 121 Å². The second kappa shape index (κ2) is 10.2. The highest BCUT2D eigenvalue weighted by Crippen LogP contribution is 2.48. The zero-order valence-electron chi connectivity index (χ0n) is 24.0. The van der Waals surface area contributed by atoms with Gasteiger partial charge in [0.05, 0.1) is 0 Å². The molecule has 0 atom stereocenters. The van der Waals surface area contributed by atoms with E-state index in [4.69, 9.17) is 12.9 Å². The van der Waals surface area contributed by atoms with Crippen molar-refractivity contribution in [2.75, 3.05) is 0 Å². The van der Waals surface area contributed by atoms with Crippen LogP contribution in [0.3, 0.4) is 0 Å². The predicted molar refractivity (Wildman–Crippen MR) is 186 cm³/mol. The minimum absolute atomic E-state index is 0.180. The zero-order chi connectivity index (χ0) is 29.9. The topological polar surface area (TPSA) is 55.7 Å². The summed E-state index contributed by atoms with van der Waals surface area (Å²) in [5.41, 5.74) is 2.90. The number of rotatable bonds is 3. The Morgan fingerprint density at radius 3 is 1.40 bits per heavy atom. The van der Waals surface area contributed by atoms with Crippen molar-refractivity contribution in [1.29, 1.82) is 0 Å². The third-order valence-electron chi connectivity index (χ3n) is 8.60. The quantitative estimate of drug-likeness (QED) is 0.219. The molecule has 0 saturated carbocycles. The monoisotopic (exact) mass is 600 g/mol. The summed E-state index contributed by atoms with van der Waals surface area (Å²) in [5, 5.41) is 21.7. The molecule has 214 valence electrons. The Balaban J connectivity index is 1.37. The molecule has 1 N–H and O–H groups in total. The van der Waals surface area contributed by atoms with E-state index in [1.807, 2.05) is 78.9 Å². The fraction of sp³-hybridized carbons (Fsp3) is 0. The van der Waals surface area contributed by atoms with Crippen LogP contribution in [-0.2, 0) is 0 Å². The van der Waals surface area contributed by atoms with Gasteiger partial charge in [0.15, 0.2) is 0 Å². The third kappa shape index (κ3) is 4.15. The summed E-state index contributed by atoms with van der Waals surface area (Å²) >= 11 is 0. The second-order valence-corrected chi connectivity index (χ2v) is 12.2. The van der Waals surface area contributed by atoms with Crippen molar-refractivity contribution in [1.82, 2.24) is 0 Å². The Morgan fingerprint density at radius 1 is 0.422 bits per heavy atom. The van der Waals surface area contributed by atoms with Gasteiger partial charge in [-0.2, -0.15) is 0 Å². The molecular formula is C40H25O4P. The van der Waals surface area contributed by atoms with Crippen molar-refractivity contribution < 1.29 is 18.0 Å². The first-order valence-electron chi connectivity index (χ1n) is 14.8. The third-order valence-corrected chi connectivity index (χ3v) is 9.64. The lowest BCUT2D eigenvalue weighted by molar-refractivity contribution is 0.476. The van der Waals surface area contributed by atoms with Crippen molar-refractivity contribution in [2.24, 2.45) is 0 Å². The number of aromatic hydroxyl groups is 1. The molecule has 4 nitrogen and oxygen atoms in total. The highest BCUT2D eigenvalue weighted by molar-refractivity contribution is 7.32. The molecule has 1 heterocycles. The van der Waals surface area contributed by atoms with E-state index in [1.54, 1.807) is 6.07 Å². The fourth-order valence-electron chi connectivity index (χ4n) is 6.58. The molecule has 5 heteroatoms. The first-order chi connectivity index (χ1) is 22.2. The molecule has 0 aliphatic heterocycles.